The van der Waals surface area contributed by atoms with Crippen molar-refractivity contribution < 1.29 is 4.79 Å². The minimum Gasteiger partial charge on any atom is -0.325 e. The number of carbonyl (C=O) groups excluding carboxylic acids is 1. The molecule has 1 fully saturated rings. The topological polar surface area (TPSA) is 79.8 Å². The third-order valence-corrected chi connectivity index (χ3v) is 4.57. The highest BCUT2D eigenvalue weighted by atomic mass is 35.5. The van der Waals surface area contributed by atoms with E-state index >= 15 is 0 Å². The first-order valence-electron chi connectivity index (χ1n) is 6.90. The number of aromatic nitrogens is 3. The largest absolute Gasteiger partial charge is 0.344 e. The molecule has 1 aromatic carbocycles. The Hall–Kier alpha value is -1.73. The van der Waals surface area contributed by atoms with Gasteiger partial charge in [0.1, 0.15) is 0 Å². The van der Waals surface area contributed by atoms with Crippen LogP contribution in [0.2, 0.25) is 5.02 Å². The average molecular weight is 339 g/mol. The van der Waals surface area contributed by atoms with Gasteiger partial charge >= 0.3 is 5.69 Å². The normalized spacial score (nSPS) is 14.1. The van der Waals surface area contributed by atoms with Gasteiger partial charge in [0.2, 0.25) is 5.91 Å². The lowest BCUT2D eigenvalue weighted by Gasteiger charge is -2.08. The third kappa shape index (κ3) is 3.36. The first-order valence-corrected chi connectivity index (χ1v) is 8.26. The summed E-state index contributed by atoms with van der Waals surface area (Å²) in [4.78, 5) is 23.7. The zero-order valence-electron chi connectivity index (χ0n) is 11.9. The summed E-state index contributed by atoms with van der Waals surface area (Å²) >= 11 is 7.14. The summed E-state index contributed by atoms with van der Waals surface area (Å²) in [6.07, 6.45) is 1.98. The monoisotopic (exact) mass is 338 g/mol. The molecule has 1 saturated carbocycles. The fourth-order valence-electron chi connectivity index (χ4n) is 2.13. The molecule has 0 aliphatic heterocycles. The highest BCUT2D eigenvalue weighted by molar-refractivity contribution is 7.99. The van der Waals surface area contributed by atoms with Crippen LogP contribution >= 0.6 is 23.4 Å². The molecule has 0 saturated heterocycles. The van der Waals surface area contributed by atoms with E-state index in [-0.39, 0.29) is 23.4 Å². The molecule has 6 nitrogen and oxygen atoms in total. The Morgan fingerprint density at radius 3 is 3.00 bits per heavy atom. The van der Waals surface area contributed by atoms with Crippen LogP contribution in [0, 0.1) is 6.92 Å². The van der Waals surface area contributed by atoms with Gasteiger partial charge in [-0.15, -0.1) is 5.10 Å². The average Bonchev–Trinajstić information content (AvgIpc) is 3.23. The number of anilines is 1. The van der Waals surface area contributed by atoms with Crippen LogP contribution in [0.3, 0.4) is 0 Å². The fourth-order valence-corrected chi connectivity index (χ4v) is 3.17. The summed E-state index contributed by atoms with van der Waals surface area (Å²) < 4.78 is 1.63. The van der Waals surface area contributed by atoms with Gasteiger partial charge in [-0.1, -0.05) is 23.4 Å². The molecule has 3 rings (SSSR count). The van der Waals surface area contributed by atoms with Crippen molar-refractivity contribution in [3.05, 3.63) is 39.3 Å². The first kappa shape index (κ1) is 15.2. The molecule has 8 heteroatoms. The first-order chi connectivity index (χ1) is 10.5. The molecule has 2 N–H and O–H groups in total. The maximum absolute atomic E-state index is 12.0. The second-order valence-corrected chi connectivity index (χ2v) is 6.59. The van der Waals surface area contributed by atoms with Crippen molar-refractivity contribution in [2.24, 2.45) is 0 Å². The van der Waals surface area contributed by atoms with Crippen LogP contribution in [0.1, 0.15) is 24.4 Å². The van der Waals surface area contributed by atoms with Gasteiger partial charge in [0.05, 0.1) is 5.75 Å². The predicted octanol–water partition coefficient (Wildman–Crippen LogP) is 2.60. The fraction of sp³-hybridized carbons (Fsp3) is 0.357. The molecule has 1 aromatic heterocycles. The van der Waals surface area contributed by atoms with Gasteiger partial charge in [0.15, 0.2) is 5.16 Å². The molecule has 1 amide bonds. The van der Waals surface area contributed by atoms with Crippen molar-refractivity contribution in [2.75, 3.05) is 11.1 Å². The van der Waals surface area contributed by atoms with E-state index in [0.29, 0.717) is 10.2 Å². The van der Waals surface area contributed by atoms with Crippen LogP contribution in [0.25, 0.3) is 0 Å². The zero-order chi connectivity index (χ0) is 15.7. The van der Waals surface area contributed by atoms with Crippen molar-refractivity contribution in [3.8, 4) is 0 Å². The number of H-pyrrole nitrogens is 1. The molecule has 1 heterocycles. The van der Waals surface area contributed by atoms with Crippen molar-refractivity contribution >= 4 is 35.0 Å². The summed E-state index contributed by atoms with van der Waals surface area (Å²) in [6.45, 7) is 1.88. The van der Waals surface area contributed by atoms with E-state index in [2.05, 4.69) is 15.5 Å². The predicted molar refractivity (Wildman–Crippen MR) is 86.7 cm³/mol. The molecule has 0 spiro atoms. The lowest BCUT2D eigenvalue weighted by molar-refractivity contribution is -0.113. The number of carbonyl (C=O) groups is 1. The van der Waals surface area contributed by atoms with Crippen molar-refractivity contribution in [3.63, 3.8) is 0 Å². The Bertz CT molecular complexity index is 766. The van der Waals surface area contributed by atoms with Gasteiger partial charge in [-0.2, -0.15) is 0 Å². The Morgan fingerprint density at radius 1 is 1.55 bits per heavy atom. The SMILES string of the molecule is Cc1cc(Cl)ccc1NC(=O)CSc1n[nH]c(=O)n1C1CC1. The van der Waals surface area contributed by atoms with Crippen molar-refractivity contribution in [2.45, 2.75) is 31.0 Å². The number of benzene rings is 1. The number of hydrogen-bond donors (Lipinski definition) is 2. The van der Waals surface area contributed by atoms with E-state index < -0.39 is 0 Å². The number of nitrogens with one attached hydrogen (secondary N) is 2. The van der Waals surface area contributed by atoms with Crippen LogP contribution in [-0.2, 0) is 4.79 Å². The molecule has 2 aromatic rings. The quantitative estimate of drug-likeness (QED) is 0.821. The number of hydrogen-bond acceptors (Lipinski definition) is 4. The standard InChI is InChI=1S/C14H15ClN4O2S/c1-8-6-9(15)2-5-11(8)16-12(20)7-22-14-18-17-13(21)19(14)10-3-4-10/h2,5-6,10H,3-4,7H2,1H3,(H,16,20)(H,17,21). The third-order valence-electron chi connectivity index (χ3n) is 3.38. The number of thioether (sulfide) groups is 1. The highest BCUT2D eigenvalue weighted by Gasteiger charge is 2.28. The maximum Gasteiger partial charge on any atom is 0.344 e. The summed E-state index contributed by atoms with van der Waals surface area (Å²) in [5, 5.41) is 10.4. The molecule has 1 aliphatic rings. The molecular weight excluding hydrogens is 324 g/mol. The van der Waals surface area contributed by atoms with Gasteiger partial charge in [-0.25, -0.2) is 9.89 Å². The Kier molecular flexibility index (Phi) is 4.26. The van der Waals surface area contributed by atoms with Crippen molar-refractivity contribution in [1.29, 1.82) is 0 Å². The van der Waals surface area contributed by atoms with Gasteiger partial charge in [-0.3, -0.25) is 9.36 Å². The van der Waals surface area contributed by atoms with Crippen LogP contribution in [-0.4, -0.2) is 26.4 Å². The van der Waals surface area contributed by atoms with E-state index in [1.165, 1.54) is 11.8 Å². The van der Waals surface area contributed by atoms with Gasteiger partial charge in [0.25, 0.3) is 0 Å². The Balaban J connectivity index is 1.62. The lowest BCUT2D eigenvalue weighted by atomic mass is 10.2. The molecule has 116 valence electrons. The summed E-state index contributed by atoms with van der Waals surface area (Å²) in [7, 11) is 0. The minimum absolute atomic E-state index is 0.145. The van der Waals surface area contributed by atoms with E-state index in [1.54, 1.807) is 22.8 Å². The number of rotatable bonds is 5. The number of aryl methyl sites for hydroxylation is 1. The van der Waals surface area contributed by atoms with E-state index in [0.717, 1.165) is 24.1 Å². The molecule has 0 radical (unpaired) electrons. The van der Waals surface area contributed by atoms with Crippen LogP contribution in [0.5, 0.6) is 0 Å². The second-order valence-electron chi connectivity index (χ2n) is 5.21. The smallest absolute Gasteiger partial charge is 0.325 e. The highest BCUT2D eigenvalue weighted by Crippen LogP contribution is 2.36. The number of nitrogens with zero attached hydrogens (tertiary/aromatic N) is 2. The summed E-state index contributed by atoms with van der Waals surface area (Å²) in [6, 6.07) is 5.53. The zero-order valence-corrected chi connectivity index (χ0v) is 13.5. The molecule has 22 heavy (non-hydrogen) atoms. The van der Waals surface area contributed by atoms with Crippen LogP contribution in [0.4, 0.5) is 5.69 Å². The minimum atomic E-state index is -0.209. The summed E-state index contributed by atoms with van der Waals surface area (Å²) in [5.74, 6) is 0.0484. The van der Waals surface area contributed by atoms with Gasteiger partial charge < -0.3 is 5.32 Å². The molecule has 1 aliphatic carbocycles. The van der Waals surface area contributed by atoms with Gasteiger partial charge in [-0.05, 0) is 43.5 Å². The molecule has 0 unspecified atom stereocenters. The number of aromatic amines is 1. The number of halogens is 1. The van der Waals surface area contributed by atoms with Gasteiger partial charge in [0, 0.05) is 16.8 Å². The molecular formula is C14H15ClN4O2S. The maximum atomic E-state index is 12.0. The number of amides is 1. The van der Waals surface area contributed by atoms with E-state index in [1.807, 2.05) is 6.92 Å². The Morgan fingerprint density at radius 2 is 2.32 bits per heavy atom. The van der Waals surface area contributed by atoms with E-state index in [4.69, 9.17) is 11.6 Å². The second kappa shape index (κ2) is 6.18. The molecule has 0 bridgehead atoms. The van der Waals surface area contributed by atoms with Crippen LogP contribution < -0.4 is 11.0 Å². The Labute approximate surface area is 136 Å². The van der Waals surface area contributed by atoms with Crippen molar-refractivity contribution in [1.82, 2.24) is 14.8 Å². The van der Waals surface area contributed by atoms with Crippen LogP contribution in [0.15, 0.2) is 28.2 Å². The summed E-state index contributed by atoms with van der Waals surface area (Å²) in [5.41, 5.74) is 1.43. The molecule has 0 atom stereocenters. The van der Waals surface area contributed by atoms with E-state index in [9.17, 15) is 9.59 Å². The lowest BCUT2D eigenvalue weighted by Crippen LogP contribution is -2.18.